The molecule has 0 bridgehead atoms. The first-order valence-corrected chi connectivity index (χ1v) is 9.47. The minimum atomic E-state index is -3.29. The number of rotatable bonds is 7. The first-order chi connectivity index (χ1) is 10.5. The van der Waals surface area contributed by atoms with E-state index in [0.717, 1.165) is 12.0 Å². The van der Waals surface area contributed by atoms with Gasteiger partial charge in [-0.15, -0.1) is 0 Å². The number of nitriles is 1. The van der Waals surface area contributed by atoms with Crippen molar-refractivity contribution in [3.05, 3.63) is 35.4 Å². The summed E-state index contributed by atoms with van der Waals surface area (Å²) in [5, 5.41) is 8.99. The summed E-state index contributed by atoms with van der Waals surface area (Å²) in [5.74, 6) is -0.239. The maximum absolute atomic E-state index is 12.4. The van der Waals surface area contributed by atoms with Crippen molar-refractivity contribution in [1.82, 2.24) is 0 Å². The monoisotopic (exact) mass is 321 g/mol. The zero-order chi connectivity index (χ0) is 16.4. The van der Waals surface area contributed by atoms with Crippen LogP contribution >= 0.6 is 0 Å². The van der Waals surface area contributed by atoms with Crippen molar-refractivity contribution in [2.75, 3.05) is 19.0 Å². The van der Waals surface area contributed by atoms with Gasteiger partial charge in [0.1, 0.15) is 5.41 Å². The molecule has 0 saturated heterocycles. The van der Waals surface area contributed by atoms with Gasteiger partial charge in [0.25, 0.3) is 0 Å². The van der Waals surface area contributed by atoms with Gasteiger partial charge in [-0.25, -0.2) is 8.42 Å². The largest absolute Gasteiger partial charge is 0.380 e. The zero-order valence-electron chi connectivity index (χ0n) is 13.4. The Balaban J connectivity index is 2.40. The molecule has 3 atom stereocenters. The van der Waals surface area contributed by atoms with Gasteiger partial charge in [0.15, 0.2) is 9.84 Å². The van der Waals surface area contributed by atoms with Gasteiger partial charge in [-0.05, 0) is 24.5 Å². The number of sulfone groups is 1. The summed E-state index contributed by atoms with van der Waals surface area (Å²) in [6, 6.07) is 10.2. The lowest BCUT2D eigenvalue weighted by Gasteiger charge is -2.09. The Kier molecular flexibility index (Phi) is 4.93. The molecule has 1 aromatic carbocycles. The van der Waals surface area contributed by atoms with E-state index in [1.165, 1.54) is 5.56 Å². The second-order valence-electron chi connectivity index (χ2n) is 5.73. The fraction of sp³-hybridized carbons (Fsp3) is 0.588. The van der Waals surface area contributed by atoms with Crippen LogP contribution in [0.1, 0.15) is 37.8 Å². The summed E-state index contributed by atoms with van der Waals surface area (Å²) in [6.07, 6.45) is 0.934. The molecule has 1 aliphatic carbocycles. The molecule has 5 heteroatoms. The third-order valence-corrected chi connectivity index (χ3v) is 6.82. The molecule has 4 nitrogen and oxygen atoms in total. The Morgan fingerprint density at radius 1 is 1.23 bits per heavy atom. The van der Waals surface area contributed by atoms with E-state index in [-0.39, 0.29) is 18.3 Å². The van der Waals surface area contributed by atoms with E-state index < -0.39 is 20.5 Å². The second kappa shape index (κ2) is 6.39. The first-order valence-electron chi connectivity index (χ1n) is 7.76. The van der Waals surface area contributed by atoms with Gasteiger partial charge >= 0.3 is 0 Å². The quantitative estimate of drug-likeness (QED) is 0.774. The number of ether oxygens (including phenoxy) is 1. The van der Waals surface area contributed by atoms with Gasteiger partial charge in [0.2, 0.25) is 0 Å². The normalized spacial score (nSPS) is 27.4. The Morgan fingerprint density at radius 3 is 2.32 bits per heavy atom. The maximum atomic E-state index is 12.4. The summed E-state index contributed by atoms with van der Waals surface area (Å²) < 4.78 is 30.2. The molecule has 22 heavy (non-hydrogen) atoms. The first kappa shape index (κ1) is 17.0. The van der Waals surface area contributed by atoms with Crippen LogP contribution in [0.5, 0.6) is 0 Å². The van der Waals surface area contributed by atoms with Crippen LogP contribution in [0.25, 0.3) is 0 Å². The lowest BCUT2D eigenvalue weighted by atomic mass is 10.00. The van der Waals surface area contributed by atoms with Crippen molar-refractivity contribution in [3.8, 4) is 6.07 Å². The third-order valence-electron chi connectivity index (χ3n) is 4.55. The molecule has 0 spiro atoms. The van der Waals surface area contributed by atoms with Crippen molar-refractivity contribution >= 4 is 9.84 Å². The molecule has 0 unspecified atom stereocenters. The zero-order valence-corrected chi connectivity index (χ0v) is 14.2. The number of hydrogen-bond donors (Lipinski definition) is 0. The molecular formula is C17H23NO3S. The molecule has 0 aliphatic heterocycles. The lowest BCUT2D eigenvalue weighted by Crippen LogP contribution is -2.20. The highest BCUT2D eigenvalue weighted by molar-refractivity contribution is 7.92. The maximum Gasteiger partial charge on any atom is 0.155 e. The van der Waals surface area contributed by atoms with E-state index in [1.807, 2.05) is 31.2 Å². The van der Waals surface area contributed by atoms with Crippen LogP contribution in [0.4, 0.5) is 0 Å². The smallest absolute Gasteiger partial charge is 0.155 e. The van der Waals surface area contributed by atoms with Gasteiger partial charge in [-0.3, -0.25) is 0 Å². The van der Waals surface area contributed by atoms with E-state index in [9.17, 15) is 13.7 Å². The van der Waals surface area contributed by atoms with E-state index in [4.69, 9.17) is 4.74 Å². The Hall–Kier alpha value is -1.38. The summed E-state index contributed by atoms with van der Waals surface area (Å²) >= 11 is 0. The summed E-state index contributed by atoms with van der Waals surface area (Å²) in [5.41, 5.74) is 1.17. The van der Waals surface area contributed by atoms with Crippen molar-refractivity contribution in [2.24, 2.45) is 5.41 Å². The minimum absolute atomic E-state index is 0.0523. The molecule has 0 amide bonds. The molecule has 2 rings (SSSR count). The molecule has 1 aliphatic rings. The second-order valence-corrected chi connectivity index (χ2v) is 8.15. The summed E-state index contributed by atoms with van der Waals surface area (Å²) in [7, 11) is -3.29. The van der Waals surface area contributed by atoms with Crippen molar-refractivity contribution in [2.45, 2.75) is 38.4 Å². The minimum Gasteiger partial charge on any atom is -0.380 e. The fourth-order valence-electron chi connectivity index (χ4n) is 3.15. The molecule has 0 radical (unpaired) electrons. The van der Waals surface area contributed by atoms with Crippen LogP contribution in [0, 0.1) is 16.7 Å². The number of aryl methyl sites for hydroxylation is 1. The van der Waals surface area contributed by atoms with Gasteiger partial charge in [-0.1, -0.05) is 38.1 Å². The molecule has 1 fully saturated rings. The molecule has 0 N–H and O–H groups in total. The van der Waals surface area contributed by atoms with Gasteiger partial charge in [0, 0.05) is 18.3 Å². The fourth-order valence-corrected chi connectivity index (χ4v) is 5.16. The number of nitrogens with zero attached hydrogens (tertiary/aromatic N) is 1. The van der Waals surface area contributed by atoms with E-state index in [2.05, 4.69) is 13.0 Å². The van der Waals surface area contributed by atoms with Crippen molar-refractivity contribution in [1.29, 1.82) is 5.26 Å². The van der Waals surface area contributed by atoms with Crippen molar-refractivity contribution < 1.29 is 13.2 Å². The van der Waals surface area contributed by atoms with Crippen LogP contribution in [-0.2, 0) is 21.0 Å². The highest BCUT2D eigenvalue weighted by atomic mass is 32.2. The van der Waals surface area contributed by atoms with Crippen molar-refractivity contribution in [3.63, 3.8) is 0 Å². The topological polar surface area (TPSA) is 67.2 Å². The van der Waals surface area contributed by atoms with E-state index >= 15 is 0 Å². The molecule has 120 valence electrons. The van der Waals surface area contributed by atoms with Gasteiger partial charge < -0.3 is 4.74 Å². The summed E-state index contributed by atoms with van der Waals surface area (Å²) in [4.78, 5) is 0. The van der Waals surface area contributed by atoms with Crippen LogP contribution in [-0.4, -0.2) is 32.6 Å². The highest BCUT2D eigenvalue weighted by Gasteiger charge is 2.71. The molecule has 1 aromatic rings. The SMILES string of the molecule is CCOC[C@@]1(C#N)[C@H](S(=O)(=O)CC)[C@@H]1c1ccc(CC)cc1. The standard InChI is InChI=1S/C17H23NO3S/c1-4-13-7-9-14(10-8-13)15-16(22(19,20)6-3)17(15,11-18)12-21-5-2/h7-10,15-16H,4-6,12H2,1-3H3/t15-,16+,17+/m0/s1. The number of hydrogen-bond acceptors (Lipinski definition) is 4. The average Bonchev–Trinajstić information content (AvgIpc) is 3.23. The van der Waals surface area contributed by atoms with Crippen LogP contribution < -0.4 is 0 Å². The van der Waals surface area contributed by atoms with Crippen LogP contribution in [0.15, 0.2) is 24.3 Å². The lowest BCUT2D eigenvalue weighted by molar-refractivity contribution is 0.117. The predicted molar refractivity (Wildman–Crippen MR) is 86.3 cm³/mol. The average molecular weight is 321 g/mol. The Labute approximate surface area is 133 Å². The van der Waals surface area contributed by atoms with E-state index in [1.54, 1.807) is 6.92 Å². The molecule has 1 saturated carbocycles. The molecule has 0 heterocycles. The third kappa shape index (κ3) is 2.78. The van der Waals surface area contributed by atoms with Crippen LogP contribution in [0.3, 0.4) is 0 Å². The Bertz CT molecular complexity index is 660. The predicted octanol–water partition coefficient (Wildman–Crippen LogP) is 2.70. The van der Waals surface area contributed by atoms with Gasteiger partial charge in [0.05, 0.1) is 17.9 Å². The van der Waals surface area contributed by atoms with Gasteiger partial charge in [-0.2, -0.15) is 5.26 Å². The Morgan fingerprint density at radius 2 is 1.86 bits per heavy atom. The van der Waals surface area contributed by atoms with Crippen LogP contribution in [0.2, 0.25) is 0 Å². The van der Waals surface area contributed by atoms with E-state index in [0.29, 0.717) is 6.61 Å². The number of benzene rings is 1. The highest BCUT2D eigenvalue weighted by Crippen LogP contribution is 2.62. The summed E-state index contributed by atoms with van der Waals surface area (Å²) in [6.45, 7) is 6.20. The molecular weight excluding hydrogens is 298 g/mol. The molecule has 0 aromatic heterocycles.